The molecule has 0 spiro atoms. The second kappa shape index (κ2) is 9.73. The second-order valence-electron chi connectivity index (χ2n) is 7.57. The number of unbranched alkanes of at least 4 members (excludes halogenated alkanes) is 1. The molecule has 0 fully saturated rings. The summed E-state index contributed by atoms with van der Waals surface area (Å²) in [4.78, 5) is 11.8. The van der Waals surface area contributed by atoms with Crippen LogP contribution in [-0.4, -0.2) is 48.8 Å². The fourth-order valence-corrected chi connectivity index (χ4v) is 3.67. The maximum absolute atomic E-state index is 5.64. The zero-order valence-corrected chi connectivity index (χ0v) is 17.6. The molecule has 7 nitrogen and oxygen atoms in total. The van der Waals surface area contributed by atoms with Gasteiger partial charge in [-0.3, -0.25) is 4.90 Å². The second-order valence-corrected chi connectivity index (χ2v) is 7.57. The summed E-state index contributed by atoms with van der Waals surface area (Å²) in [7, 11) is 4.05. The lowest BCUT2D eigenvalue weighted by atomic mass is 10.1. The number of nitrogens with zero attached hydrogens (tertiary/aromatic N) is 3. The third kappa shape index (κ3) is 4.80. The Balaban J connectivity index is 1.47. The van der Waals surface area contributed by atoms with Crippen molar-refractivity contribution in [1.82, 2.24) is 20.2 Å². The number of fused-ring (bicyclic) bond motifs is 2. The molecule has 1 aromatic heterocycles. The zero-order valence-electron chi connectivity index (χ0n) is 17.6. The summed E-state index contributed by atoms with van der Waals surface area (Å²) in [5, 5.41) is 7.76. The number of para-hydroxylation sites is 2. The van der Waals surface area contributed by atoms with Crippen molar-refractivity contribution in [3.8, 4) is 11.5 Å². The third-order valence-electron chi connectivity index (χ3n) is 5.13. The number of nitrogens with one attached hydrogen (secondary N) is 2. The molecule has 3 aromatic rings. The molecule has 0 bridgehead atoms. The number of anilines is 1. The highest BCUT2D eigenvalue weighted by Crippen LogP contribution is 2.35. The van der Waals surface area contributed by atoms with E-state index in [-0.39, 0.29) is 6.79 Å². The van der Waals surface area contributed by atoms with E-state index in [1.807, 2.05) is 37.4 Å². The smallest absolute Gasteiger partial charge is 0.231 e. The minimum absolute atomic E-state index is 0.285. The van der Waals surface area contributed by atoms with Gasteiger partial charge in [0.25, 0.3) is 0 Å². The first-order valence-electron chi connectivity index (χ1n) is 10.4. The molecule has 4 rings (SSSR count). The van der Waals surface area contributed by atoms with Crippen LogP contribution in [0.4, 0.5) is 5.82 Å². The van der Waals surface area contributed by atoms with E-state index in [0.29, 0.717) is 6.54 Å². The van der Waals surface area contributed by atoms with E-state index >= 15 is 0 Å². The molecule has 2 heterocycles. The fourth-order valence-electron chi connectivity index (χ4n) is 3.67. The quantitative estimate of drug-likeness (QED) is 0.499. The first-order chi connectivity index (χ1) is 14.7. The molecule has 1 aliphatic heterocycles. The van der Waals surface area contributed by atoms with E-state index in [9.17, 15) is 0 Å². The van der Waals surface area contributed by atoms with Gasteiger partial charge in [0.15, 0.2) is 11.5 Å². The van der Waals surface area contributed by atoms with Crippen molar-refractivity contribution in [1.29, 1.82) is 0 Å². The van der Waals surface area contributed by atoms with E-state index < -0.39 is 0 Å². The van der Waals surface area contributed by atoms with Crippen LogP contribution >= 0.6 is 0 Å². The normalized spacial score (nSPS) is 12.6. The van der Waals surface area contributed by atoms with Crippen LogP contribution in [0, 0.1) is 0 Å². The van der Waals surface area contributed by atoms with Gasteiger partial charge in [-0.25, -0.2) is 9.97 Å². The Morgan fingerprint density at radius 3 is 2.73 bits per heavy atom. The van der Waals surface area contributed by atoms with Crippen LogP contribution in [-0.2, 0) is 13.1 Å². The van der Waals surface area contributed by atoms with Gasteiger partial charge < -0.3 is 20.1 Å². The van der Waals surface area contributed by atoms with Crippen LogP contribution in [0.15, 0.2) is 42.5 Å². The minimum Gasteiger partial charge on any atom is -0.454 e. The maximum Gasteiger partial charge on any atom is 0.231 e. The Bertz CT molecular complexity index is 994. The molecule has 30 heavy (non-hydrogen) atoms. The van der Waals surface area contributed by atoms with Crippen LogP contribution in [0.3, 0.4) is 0 Å². The highest BCUT2D eigenvalue weighted by Gasteiger charge is 2.18. The summed E-state index contributed by atoms with van der Waals surface area (Å²) < 4.78 is 11.1. The first kappa shape index (κ1) is 20.4. The highest BCUT2D eigenvalue weighted by molar-refractivity contribution is 5.88. The molecule has 0 aliphatic carbocycles. The summed E-state index contributed by atoms with van der Waals surface area (Å²) in [6, 6.07) is 14.2. The van der Waals surface area contributed by atoms with Crippen molar-refractivity contribution in [2.24, 2.45) is 0 Å². The lowest BCUT2D eigenvalue weighted by Gasteiger charge is -2.18. The van der Waals surface area contributed by atoms with Gasteiger partial charge in [-0.15, -0.1) is 0 Å². The van der Waals surface area contributed by atoms with E-state index in [0.717, 1.165) is 72.1 Å². The summed E-state index contributed by atoms with van der Waals surface area (Å²) in [6.45, 7) is 3.58. The molecule has 2 aromatic carbocycles. The Hall–Kier alpha value is -2.90. The fraction of sp³-hybridized carbons (Fsp3) is 0.391. The van der Waals surface area contributed by atoms with Gasteiger partial charge in [-0.1, -0.05) is 24.3 Å². The standard InChI is InChI=1S/C23H29N5O2/c1-24-12-5-6-13-25-23-18-9-3-4-10-19(18)26-21(27-23)15-28(2)14-17-8-7-11-20-22(17)30-16-29-20/h3-4,7-11,24H,5-6,12-16H2,1-2H3,(H,25,26,27). The van der Waals surface area contributed by atoms with Crippen molar-refractivity contribution in [3.63, 3.8) is 0 Å². The van der Waals surface area contributed by atoms with Crippen molar-refractivity contribution < 1.29 is 9.47 Å². The average molecular weight is 408 g/mol. The number of hydrogen-bond donors (Lipinski definition) is 2. The van der Waals surface area contributed by atoms with Gasteiger partial charge in [-0.2, -0.15) is 0 Å². The number of ether oxygens (including phenoxy) is 2. The lowest BCUT2D eigenvalue weighted by molar-refractivity contribution is 0.172. The Labute approximate surface area is 177 Å². The average Bonchev–Trinajstić information content (AvgIpc) is 3.23. The summed E-state index contributed by atoms with van der Waals surface area (Å²) in [5.41, 5.74) is 2.07. The predicted octanol–water partition coefficient (Wildman–Crippen LogP) is 3.40. The summed E-state index contributed by atoms with van der Waals surface area (Å²) >= 11 is 0. The summed E-state index contributed by atoms with van der Waals surface area (Å²) in [5.74, 6) is 3.37. The Kier molecular flexibility index (Phi) is 6.61. The monoisotopic (exact) mass is 407 g/mol. The highest BCUT2D eigenvalue weighted by atomic mass is 16.7. The first-order valence-corrected chi connectivity index (χ1v) is 10.4. The molecular weight excluding hydrogens is 378 g/mol. The van der Waals surface area contributed by atoms with Crippen LogP contribution in [0.25, 0.3) is 10.9 Å². The minimum atomic E-state index is 0.285. The molecular formula is C23H29N5O2. The van der Waals surface area contributed by atoms with E-state index in [1.54, 1.807) is 0 Å². The van der Waals surface area contributed by atoms with Gasteiger partial charge in [0, 0.05) is 24.0 Å². The molecule has 158 valence electrons. The SMILES string of the molecule is CNCCCCNc1nc(CN(C)Cc2cccc3c2OCO3)nc2ccccc12. The maximum atomic E-state index is 5.64. The predicted molar refractivity (Wildman–Crippen MR) is 119 cm³/mol. The molecule has 2 N–H and O–H groups in total. The van der Waals surface area contributed by atoms with Crippen LogP contribution in [0.1, 0.15) is 24.2 Å². The van der Waals surface area contributed by atoms with Gasteiger partial charge in [0.05, 0.1) is 12.1 Å². The molecule has 0 atom stereocenters. The zero-order chi connectivity index (χ0) is 20.8. The van der Waals surface area contributed by atoms with Gasteiger partial charge in [0.2, 0.25) is 6.79 Å². The van der Waals surface area contributed by atoms with Crippen molar-refractivity contribution >= 4 is 16.7 Å². The van der Waals surface area contributed by atoms with E-state index in [2.05, 4.69) is 34.7 Å². The lowest BCUT2D eigenvalue weighted by Crippen LogP contribution is -2.20. The topological polar surface area (TPSA) is 71.5 Å². The van der Waals surface area contributed by atoms with Crippen molar-refractivity contribution in [3.05, 3.63) is 53.9 Å². The number of rotatable bonds is 10. The van der Waals surface area contributed by atoms with E-state index in [4.69, 9.17) is 19.4 Å². The Morgan fingerprint density at radius 1 is 0.967 bits per heavy atom. The van der Waals surface area contributed by atoms with Crippen LogP contribution < -0.4 is 20.1 Å². The number of benzene rings is 2. The summed E-state index contributed by atoms with van der Waals surface area (Å²) in [6.07, 6.45) is 2.23. The van der Waals surface area contributed by atoms with Gasteiger partial charge in [0.1, 0.15) is 11.6 Å². The molecule has 1 aliphatic rings. The van der Waals surface area contributed by atoms with Gasteiger partial charge >= 0.3 is 0 Å². The van der Waals surface area contributed by atoms with Crippen LogP contribution in [0.5, 0.6) is 11.5 Å². The van der Waals surface area contributed by atoms with Crippen molar-refractivity contribution in [2.75, 3.05) is 39.3 Å². The molecule has 0 amide bonds. The third-order valence-corrected chi connectivity index (χ3v) is 5.13. The van der Waals surface area contributed by atoms with Crippen LogP contribution in [0.2, 0.25) is 0 Å². The Morgan fingerprint density at radius 2 is 1.83 bits per heavy atom. The molecule has 0 saturated carbocycles. The molecule has 0 saturated heterocycles. The number of aromatic nitrogens is 2. The molecule has 0 unspecified atom stereocenters. The van der Waals surface area contributed by atoms with Crippen molar-refractivity contribution in [2.45, 2.75) is 25.9 Å². The number of hydrogen-bond acceptors (Lipinski definition) is 7. The molecule has 7 heteroatoms. The van der Waals surface area contributed by atoms with E-state index in [1.165, 1.54) is 0 Å². The largest absolute Gasteiger partial charge is 0.454 e. The van der Waals surface area contributed by atoms with Gasteiger partial charge in [-0.05, 0) is 51.7 Å². The molecule has 0 radical (unpaired) electrons.